The Bertz CT molecular complexity index is 2490. The predicted molar refractivity (Wildman–Crippen MR) is 189 cm³/mol. The van der Waals surface area contributed by atoms with Crippen LogP contribution in [0.5, 0.6) is 17.2 Å². The minimum absolute atomic E-state index is 0.805. The highest BCUT2D eigenvalue weighted by Gasteiger charge is 2.16. The number of fused-ring (bicyclic) bond motifs is 8. The van der Waals surface area contributed by atoms with Crippen LogP contribution in [0.4, 0.5) is 0 Å². The number of rotatable bonds is 6. The molecule has 8 rings (SSSR count). The Kier molecular flexibility index (Phi) is 7.34. The number of methoxy groups -OCH3 is 3. The maximum absolute atomic E-state index is 5.50. The molecule has 4 aromatic heterocycles. The lowest BCUT2D eigenvalue weighted by Crippen LogP contribution is -2.18. The van der Waals surface area contributed by atoms with E-state index in [4.69, 9.17) is 14.2 Å². The van der Waals surface area contributed by atoms with Gasteiger partial charge >= 0.3 is 0 Å². The summed E-state index contributed by atoms with van der Waals surface area (Å²) in [5.74, 6) is 2.43. The fourth-order valence-electron chi connectivity index (χ4n) is 6.47. The van der Waals surface area contributed by atoms with Gasteiger partial charge < -0.3 is 34.1 Å². The number of hydrogen-bond donors (Lipinski definition) is 4. The Hall–Kier alpha value is -6.34. The first-order chi connectivity index (χ1) is 23.6. The van der Waals surface area contributed by atoms with E-state index in [-0.39, 0.29) is 0 Å². The minimum atomic E-state index is 0.805. The summed E-state index contributed by atoms with van der Waals surface area (Å²) < 4.78 is 16.4. The van der Waals surface area contributed by atoms with E-state index in [9.17, 15) is 0 Å². The summed E-state index contributed by atoms with van der Waals surface area (Å²) in [5, 5.41) is 3.95. The van der Waals surface area contributed by atoms with Gasteiger partial charge in [0, 0.05) is 60.9 Å². The third-order valence-electron chi connectivity index (χ3n) is 8.85. The molecule has 236 valence electrons. The fourth-order valence-corrected chi connectivity index (χ4v) is 6.47. The molecule has 0 unspecified atom stereocenters. The quantitative estimate of drug-likeness (QED) is 0.211. The molecule has 0 atom stereocenters. The average Bonchev–Trinajstić information content (AvgIpc) is 3.97. The van der Waals surface area contributed by atoms with E-state index in [0.29, 0.717) is 0 Å². The van der Waals surface area contributed by atoms with E-state index in [0.717, 1.165) is 94.8 Å². The van der Waals surface area contributed by atoms with Gasteiger partial charge in [-0.3, -0.25) is 0 Å². The van der Waals surface area contributed by atoms with Gasteiger partial charge in [0.25, 0.3) is 0 Å². The standard InChI is InChI=1S/C41H34N4O3/c1-46-30-12-4-25(5-13-30)39-33-18-10-28(42-33)24-29-11-19-34(43-29)40(26-6-14-31(47-2)15-7-26)36-21-23-38(45-36)41(37-22-20-35(39)44-37)27-8-16-32(48-3)17-9-27/h4-24,42-45H,1-3H3. The summed E-state index contributed by atoms with van der Waals surface area (Å²) in [4.78, 5) is 14.9. The Morgan fingerprint density at radius 2 is 0.750 bits per heavy atom. The molecule has 5 heterocycles. The largest absolute Gasteiger partial charge is 0.497 e. The molecular formula is C41H34N4O3. The SMILES string of the molecule is COc1ccc(C2=c3ccc([nH]3)=Cc3ccc([nH]3)C(c3ccc(OC)cc3)=c3ccc([nH]3)=C(c3ccc(OC)cc3)c3ccc2[nH]3)cc1. The second-order valence-corrected chi connectivity index (χ2v) is 11.7. The summed E-state index contributed by atoms with van der Waals surface area (Å²) in [7, 11) is 5.06. The number of hydrogen-bond acceptors (Lipinski definition) is 3. The van der Waals surface area contributed by atoms with Crippen molar-refractivity contribution in [2.75, 3.05) is 21.3 Å². The van der Waals surface area contributed by atoms with E-state index < -0.39 is 0 Å². The first-order valence-corrected chi connectivity index (χ1v) is 15.8. The molecule has 0 radical (unpaired) electrons. The number of benzene rings is 3. The molecule has 0 saturated heterocycles. The highest BCUT2D eigenvalue weighted by molar-refractivity contribution is 5.83. The molecule has 48 heavy (non-hydrogen) atoms. The van der Waals surface area contributed by atoms with Crippen molar-refractivity contribution in [3.63, 3.8) is 0 Å². The third kappa shape index (κ3) is 5.31. The summed E-state index contributed by atoms with van der Waals surface area (Å²) in [6.45, 7) is 0. The number of aromatic amines is 4. The van der Waals surface area contributed by atoms with Crippen LogP contribution in [0.2, 0.25) is 0 Å². The van der Waals surface area contributed by atoms with Gasteiger partial charge in [-0.15, -0.1) is 0 Å². The van der Waals surface area contributed by atoms with Crippen molar-refractivity contribution in [1.82, 2.24) is 19.9 Å². The van der Waals surface area contributed by atoms with Gasteiger partial charge in [0.1, 0.15) is 17.2 Å². The molecule has 0 fully saturated rings. The highest BCUT2D eigenvalue weighted by atomic mass is 16.5. The van der Waals surface area contributed by atoms with Gasteiger partial charge in [-0.25, -0.2) is 0 Å². The Morgan fingerprint density at radius 3 is 1.21 bits per heavy atom. The van der Waals surface area contributed by atoms with Gasteiger partial charge in [-0.05, 0) is 108 Å². The number of H-pyrrole nitrogens is 4. The van der Waals surface area contributed by atoms with Crippen LogP contribution < -0.4 is 35.6 Å². The van der Waals surface area contributed by atoms with Crippen molar-refractivity contribution in [2.24, 2.45) is 0 Å². The van der Waals surface area contributed by atoms with Crippen molar-refractivity contribution in [1.29, 1.82) is 0 Å². The second-order valence-electron chi connectivity index (χ2n) is 11.7. The smallest absolute Gasteiger partial charge is 0.118 e. The lowest BCUT2D eigenvalue weighted by Gasteiger charge is -2.10. The Labute approximate surface area is 277 Å². The first-order valence-electron chi connectivity index (χ1n) is 15.8. The number of nitrogens with one attached hydrogen (secondary N) is 4. The van der Waals surface area contributed by atoms with E-state index in [1.807, 2.05) is 36.4 Å². The molecule has 0 amide bonds. The maximum Gasteiger partial charge on any atom is 0.118 e. The monoisotopic (exact) mass is 630 g/mol. The van der Waals surface area contributed by atoms with Crippen LogP contribution in [0.1, 0.15) is 39.5 Å². The molecule has 1 aliphatic heterocycles. The molecule has 4 N–H and O–H groups in total. The summed E-state index contributed by atoms with van der Waals surface area (Å²) in [5.41, 5.74) is 10.3. The zero-order valence-corrected chi connectivity index (χ0v) is 26.8. The zero-order chi connectivity index (χ0) is 32.6. The van der Waals surface area contributed by atoms with Crippen LogP contribution >= 0.6 is 0 Å². The van der Waals surface area contributed by atoms with Crippen molar-refractivity contribution in [2.45, 2.75) is 0 Å². The maximum atomic E-state index is 5.50. The van der Waals surface area contributed by atoms with Crippen LogP contribution in [-0.4, -0.2) is 41.3 Å². The topological polar surface area (TPSA) is 90.9 Å². The molecule has 3 aromatic carbocycles. The van der Waals surface area contributed by atoms with Gasteiger partial charge in [0.15, 0.2) is 0 Å². The normalized spacial score (nSPS) is 12.5. The number of ether oxygens (including phenoxy) is 3. The lowest BCUT2D eigenvalue weighted by molar-refractivity contribution is 0.414. The highest BCUT2D eigenvalue weighted by Crippen LogP contribution is 2.28. The van der Waals surface area contributed by atoms with Crippen molar-refractivity contribution < 1.29 is 14.2 Å². The summed E-state index contributed by atoms with van der Waals surface area (Å²) in [6, 6.07) is 41.6. The molecule has 7 heteroatoms. The van der Waals surface area contributed by atoms with Crippen molar-refractivity contribution in [3.8, 4) is 17.2 Å². The van der Waals surface area contributed by atoms with Crippen LogP contribution in [0.25, 0.3) is 22.8 Å². The molecule has 0 saturated carbocycles. The molecule has 0 aliphatic carbocycles. The molecule has 0 spiro atoms. The molecule has 7 aromatic rings. The average molecular weight is 631 g/mol. The minimum Gasteiger partial charge on any atom is -0.497 e. The predicted octanol–water partition coefficient (Wildman–Crippen LogP) is 4.91. The molecular weight excluding hydrogens is 596 g/mol. The van der Waals surface area contributed by atoms with E-state index in [2.05, 4.69) is 111 Å². The second kappa shape index (κ2) is 12.1. The van der Waals surface area contributed by atoms with Crippen LogP contribution in [-0.2, 0) is 0 Å². The van der Waals surface area contributed by atoms with Gasteiger partial charge in [-0.1, -0.05) is 36.4 Å². The molecule has 8 bridgehead atoms. The summed E-state index contributed by atoms with van der Waals surface area (Å²) >= 11 is 0. The zero-order valence-electron chi connectivity index (χ0n) is 26.8. The number of aromatic nitrogens is 4. The van der Waals surface area contributed by atoms with Crippen LogP contribution in [0, 0.1) is 0 Å². The fraction of sp³-hybridized carbons (Fsp3) is 0.0732. The van der Waals surface area contributed by atoms with E-state index in [1.165, 1.54) is 0 Å². The Balaban J connectivity index is 1.45. The lowest BCUT2D eigenvalue weighted by atomic mass is 10.0. The van der Waals surface area contributed by atoms with Gasteiger partial charge in [0.2, 0.25) is 0 Å². The van der Waals surface area contributed by atoms with Gasteiger partial charge in [-0.2, -0.15) is 0 Å². The van der Waals surface area contributed by atoms with Crippen LogP contribution in [0.15, 0.2) is 121 Å². The van der Waals surface area contributed by atoms with Crippen molar-refractivity contribution in [3.05, 3.63) is 182 Å². The molecule has 1 aliphatic rings. The molecule has 7 nitrogen and oxygen atoms in total. The third-order valence-corrected chi connectivity index (χ3v) is 8.85. The van der Waals surface area contributed by atoms with Crippen molar-refractivity contribution >= 4 is 22.8 Å². The van der Waals surface area contributed by atoms with E-state index >= 15 is 0 Å². The summed E-state index contributed by atoms with van der Waals surface area (Å²) in [6.07, 6.45) is 2.13. The van der Waals surface area contributed by atoms with E-state index in [1.54, 1.807) is 21.3 Å². The first kappa shape index (κ1) is 29.1. The van der Waals surface area contributed by atoms with Crippen LogP contribution in [0.3, 0.4) is 0 Å². The Morgan fingerprint density at radius 1 is 0.354 bits per heavy atom. The van der Waals surface area contributed by atoms with Gasteiger partial charge in [0.05, 0.1) is 21.3 Å².